The molecule has 0 aliphatic heterocycles. The molecule has 136 valence electrons. The summed E-state index contributed by atoms with van der Waals surface area (Å²) in [6.45, 7) is 10.6. The lowest BCUT2D eigenvalue weighted by Crippen LogP contribution is -2.44. The third-order valence-corrected chi connectivity index (χ3v) is 8.96. The van der Waals surface area contributed by atoms with Crippen LogP contribution in [0.1, 0.15) is 37.6 Å². The fourth-order valence-corrected chi connectivity index (χ4v) is 2.58. The van der Waals surface area contributed by atoms with E-state index in [2.05, 4.69) is 50.6 Å². The van der Waals surface area contributed by atoms with Crippen LogP contribution in [-0.2, 0) is 4.79 Å². The molecule has 1 atom stereocenters. The van der Waals surface area contributed by atoms with E-state index in [1.807, 2.05) is 0 Å². The first-order valence-corrected chi connectivity index (χ1v) is 10.9. The largest absolute Gasteiger partial charge is 0.368 e. The lowest BCUT2D eigenvalue weighted by molar-refractivity contribution is -0.119. The summed E-state index contributed by atoms with van der Waals surface area (Å²) < 4.78 is 26.1. The Morgan fingerprint density at radius 2 is 1.84 bits per heavy atom. The molecule has 3 N–H and O–H groups in total. The predicted octanol–water partition coefficient (Wildman–Crippen LogP) is 2.99. The average molecular weight is 366 g/mol. The Morgan fingerprint density at radius 3 is 2.32 bits per heavy atom. The molecule has 7 heteroatoms. The van der Waals surface area contributed by atoms with E-state index in [0.717, 1.165) is 18.2 Å². The van der Waals surface area contributed by atoms with Crippen molar-refractivity contribution in [1.82, 2.24) is 5.32 Å². The second-order valence-electron chi connectivity index (χ2n) is 7.44. The molecule has 0 spiro atoms. The second kappa shape index (κ2) is 7.79. The number of nitrogens with one attached hydrogen (secondary N) is 1. The van der Waals surface area contributed by atoms with Gasteiger partial charge in [-0.2, -0.15) is 0 Å². The highest BCUT2D eigenvalue weighted by atomic mass is 28.3. The van der Waals surface area contributed by atoms with Gasteiger partial charge in [-0.05, 0) is 23.2 Å². The number of benzene rings is 1. The molecule has 1 aromatic rings. The smallest absolute Gasteiger partial charge is 0.252 e. The molecule has 0 aliphatic rings. The Balaban J connectivity index is 2.87. The number of hydrogen-bond donors (Lipinski definition) is 2. The van der Waals surface area contributed by atoms with Crippen molar-refractivity contribution < 1.29 is 18.4 Å². The standard InChI is InChI=1S/C18H24F2N2O2Si/c1-18(2,3)25(4,5)10-6-7-15(16(21)23)22-17(24)12-8-9-13(19)14(20)11-12/h8-9,11,15H,7H2,1-5H3,(H2,21,23)(H,22,24)/t15-/m1/s1. The van der Waals surface area contributed by atoms with Crippen LogP contribution >= 0.6 is 0 Å². The third kappa shape index (κ3) is 5.68. The van der Waals surface area contributed by atoms with Gasteiger partial charge in [0, 0.05) is 12.0 Å². The molecule has 0 aliphatic carbocycles. The number of amides is 2. The Bertz CT molecular complexity index is 731. The molecule has 0 heterocycles. The van der Waals surface area contributed by atoms with Gasteiger partial charge in [0.25, 0.3) is 5.91 Å². The zero-order chi connectivity index (χ0) is 19.4. The summed E-state index contributed by atoms with van der Waals surface area (Å²) in [5.41, 5.74) is 8.45. The minimum atomic E-state index is -1.84. The van der Waals surface area contributed by atoms with Gasteiger partial charge in [0.15, 0.2) is 11.6 Å². The number of halogens is 2. The Hall–Kier alpha value is -2.20. The van der Waals surface area contributed by atoms with Crippen molar-refractivity contribution in [2.45, 2.75) is 51.4 Å². The van der Waals surface area contributed by atoms with Crippen molar-refractivity contribution in [3.05, 3.63) is 35.4 Å². The summed E-state index contributed by atoms with van der Waals surface area (Å²) in [7, 11) is -1.84. The normalized spacial score (nSPS) is 12.8. The van der Waals surface area contributed by atoms with Gasteiger partial charge in [-0.15, -0.1) is 11.5 Å². The quantitative estimate of drug-likeness (QED) is 0.635. The molecule has 0 saturated heterocycles. The van der Waals surface area contributed by atoms with Crippen LogP contribution < -0.4 is 11.1 Å². The molecule has 1 aromatic carbocycles. The molecular formula is C18H24F2N2O2Si. The molecule has 0 aromatic heterocycles. The molecule has 0 unspecified atom stereocenters. The van der Waals surface area contributed by atoms with Gasteiger partial charge in [0.2, 0.25) is 5.91 Å². The van der Waals surface area contributed by atoms with E-state index >= 15 is 0 Å². The lowest BCUT2D eigenvalue weighted by atomic mass is 10.1. The highest BCUT2D eigenvalue weighted by molar-refractivity contribution is 6.87. The number of rotatable bonds is 4. The zero-order valence-electron chi connectivity index (χ0n) is 15.2. The van der Waals surface area contributed by atoms with Crippen molar-refractivity contribution in [2.75, 3.05) is 0 Å². The van der Waals surface area contributed by atoms with E-state index in [1.165, 1.54) is 0 Å². The molecule has 0 saturated carbocycles. The molecule has 1 rings (SSSR count). The van der Waals surface area contributed by atoms with Crippen LogP contribution in [0.2, 0.25) is 18.1 Å². The van der Waals surface area contributed by atoms with Gasteiger partial charge in [-0.3, -0.25) is 9.59 Å². The van der Waals surface area contributed by atoms with Gasteiger partial charge in [-0.1, -0.05) is 33.9 Å². The first kappa shape index (κ1) is 20.8. The van der Waals surface area contributed by atoms with Gasteiger partial charge in [0.1, 0.15) is 14.1 Å². The third-order valence-electron chi connectivity index (χ3n) is 4.41. The Labute approximate surface area is 148 Å². The van der Waals surface area contributed by atoms with Crippen LogP contribution in [0.15, 0.2) is 18.2 Å². The first-order chi connectivity index (χ1) is 11.3. The fourth-order valence-electron chi connectivity index (χ4n) is 1.66. The number of carbonyl (C=O) groups is 2. The predicted molar refractivity (Wildman–Crippen MR) is 96.4 cm³/mol. The Morgan fingerprint density at radius 1 is 1.24 bits per heavy atom. The first-order valence-electron chi connectivity index (χ1n) is 7.90. The van der Waals surface area contributed by atoms with Crippen LogP contribution in [0.5, 0.6) is 0 Å². The van der Waals surface area contributed by atoms with Crippen LogP contribution in [0.4, 0.5) is 8.78 Å². The van der Waals surface area contributed by atoms with Crippen LogP contribution in [-0.4, -0.2) is 25.9 Å². The highest BCUT2D eigenvalue weighted by Crippen LogP contribution is 2.35. The van der Waals surface area contributed by atoms with E-state index in [4.69, 9.17) is 5.73 Å². The minimum absolute atomic E-state index is 0.0666. The molecule has 0 bridgehead atoms. The summed E-state index contributed by atoms with van der Waals surface area (Å²) >= 11 is 0. The van der Waals surface area contributed by atoms with Gasteiger partial charge < -0.3 is 11.1 Å². The SMILES string of the molecule is CC(C)(C)[Si](C)(C)C#CC[C@@H](NC(=O)c1ccc(F)c(F)c1)C(N)=O. The van der Waals surface area contributed by atoms with Crippen molar-refractivity contribution >= 4 is 19.9 Å². The minimum Gasteiger partial charge on any atom is -0.368 e. The maximum absolute atomic E-state index is 13.2. The summed E-state index contributed by atoms with van der Waals surface area (Å²) in [5, 5.41) is 2.48. The Kier molecular flexibility index (Phi) is 6.49. The van der Waals surface area contributed by atoms with Crippen LogP contribution in [0.25, 0.3) is 0 Å². The molecule has 4 nitrogen and oxygen atoms in total. The highest BCUT2D eigenvalue weighted by Gasteiger charge is 2.33. The number of hydrogen-bond acceptors (Lipinski definition) is 2. The zero-order valence-corrected chi connectivity index (χ0v) is 16.2. The summed E-state index contributed by atoms with van der Waals surface area (Å²) in [6.07, 6.45) is 0.0667. The molecule has 25 heavy (non-hydrogen) atoms. The second-order valence-corrected chi connectivity index (χ2v) is 12.4. The number of primary amides is 1. The van der Waals surface area contributed by atoms with E-state index < -0.39 is 37.6 Å². The topological polar surface area (TPSA) is 72.2 Å². The van der Waals surface area contributed by atoms with Gasteiger partial charge >= 0.3 is 0 Å². The van der Waals surface area contributed by atoms with E-state index in [-0.39, 0.29) is 17.0 Å². The van der Waals surface area contributed by atoms with E-state index in [9.17, 15) is 18.4 Å². The summed E-state index contributed by atoms with van der Waals surface area (Å²) in [5.74, 6) is -0.684. The molecular weight excluding hydrogens is 342 g/mol. The maximum Gasteiger partial charge on any atom is 0.252 e. The fraction of sp³-hybridized carbons (Fsp3) is 0.444. The van der Waals surface area contributed by atoms with Crippen molar-refractivity contribution in [1.29, 1.82) is 0 Å². The lowest BCUT2D eigenvalue weighted by Gasteiger charge is -2.31. The van der Waals surface area contributed by atoms with Crippen LogP contribution in [0, 0.1) is 23.1 Å². The monoisotopic (exact) mass is 366 g/mol. The van der Waals surface area contributed by atoms with Crippen molar-refractivity contribution in [2.24, 2.45) is 5.73 Å². The van der Waals surface area contributed by atoms with Gasteiger partial charge in [-0.25, -0.2) is 8.78 Å². The van der Waals surface area contributed by atoms with Gasteiger partial charge in [0.05, 0.1) is 0 Å². The van der Waals surface area contributed by atoms with Crippen molar-refractivity contribution in [3.63, 3.8) is 0 Å². The summed E-state index contributed by atoms with van der Waals surface area (Å²) in [4.78, 5) is 23.7. The van der Waals surface area contributed by atoms with E-state index in [1.54, 1.807) is 0 Å². The molecule has 0 fully saturated rings. The maximum atomic E-state index is 13.2. The average Bonchev–Trinajstić information content (AvgIpc) is 2.47. The number of nitrogens with two attached hydrogens (primary N) is 1. The van der Waals surface area contributed by atoms with Crippen molar-refractivity contribution in [3.8, 4) is 11.5 Å². The number of carbonyl (C=O) groups excluding carboxylic acids is 2. The molecule has 0 radical (unpaired) electrons. The summed E-state index contributed by atoms with van der Waals surface area (Å²) in [6, 6.07) is 1.75. The van der Waals surface area contributed by atoms with E-state index in [0.29, 0.717) is 0 Å². The van der Waals surface area contributed by atoms with Crippen LogP contribution in [0.3, 0.4) is 0 Å². The molecule has 2 amide bonds.